The predicted octanol–water partition coefficient (Wildman–Crippen LogP) is 4.58. The molecule has 0 spiro atoms. The maximum absolute atomic E-state index is 14.6. The lowest BCUT2D eigenvalue weighted by Gasteiger charge is -2.17. The summed E-state index contributed by atoms with van der Waals surface area (Å²) in [5.74, 6) is -4.60. The minimum Gasteiger partial charge on any atom is -0.448 e. The number of carbonyl (C=O) groups is 2. The van der Waals surface area contributed by atoms with E-state index in [9.17, 15) is 27.2 Å². The van der Waals surface area contributed by atoms with Gasteiger partial charge >= 0.3 is 6.09 Å². The molecule has 4 rings (SSSR count). The van der Waals surface area contributed by atoms with Crippen molar-refractivity contribution in [3.05, 3.63) is 63.7 Å². The van der Waals surface area contributed by atoms with Crippen molar-refractivity contribution in [3.63, 3.8) is 0 Å². The number of amides is 2. The minimum absolute atomic E-state index is 0.156. The number of hydrogen-bond donors (Lipinski definition) is 3. The van der Waals surface area contributed by atoms with Gasteiger partial charge < -0.3 is 20.7 Å². The number of halogens is 5. The fraction of sp³-hybridized carbons (Fsp3) is 0.364. The normalized spacial score (nSPS) is 20.9. The molecule has 1 aliphatic carbocycles. The number of hydrogen-bond acceptors (Lipinski definition) is 4. The number of fused-ring (bicyclic) bond motifs is 1. The molecule has 1 saturated heterocycles. The van der Waals surface area contributed by atoms with Gasteiger partial charge in [0.05, 0.1) is 17.6 Å². The third-order valence-electron chi connectivity index (χ3n) is 5.66. The fourth-order valence-corrected chi connectivity index (χ4v) is 4.30. The SMILES string of the molecule is O=C(N[C@H]1CCc2c(C(=O)Nc3ccc(F)c(Cl)c3)ccc(F)c21)OCC1CC(F)(F)CN1. The number of carbonyl (C=O) groups excluding carboxylic acids is 2. The van der Waals surface area contributed by atoms with Crippen LogP contribution in [0.2, 0.25) is 5.02 Å². The van der Waals surface area contributed by atoms with Crippen LogP contribution in [0.5, 0.6) is 0 Å². The van der Waals surface area contributed by atoms with Gasteiger partial charge in [-0.2, -0.15) is 0 Å². The van der Waals surface area contributed by atoms with Crippen LogP contribution in [0.15, 0.2) is 30.3 Å². The summed E-state index contributed by atoms with van der Waals surface area (Å²) in [7, 11) is 0. The molecule has 6 nitrogen and oxygen atoms in total. The Morgan fingerprint density at radius 2 is 1.94 bits per heavy atom. The van der Waals surface area contributed by atoms with Crippen LogP contribution in [0.25, 0.3) is 0 Å². The topological polar surface area (TPSA) is 79.5 Å². The van der Waals surface area contributed by atoms with E-state index >= 15 is 0 Å². The van der Waals surface area contributed by atoms with Crippen molar-refractivity contribution in [1.29, 1.82) is 0 Å². The summed E-state index contributed by atoms with van der Waals surface area (Å²) >= 11 is 5.74. The first-order valence-corrected chi connectivity index (χ1v) is 10.6. The minimum atomic E-state index is -2.84. The van der Waals surface area contributed by atoms with Crippen LogP contribution in [0.4, 0.5) is 28.0 Å². The molecular weight excluding hydrogens is 466 g/mol. The third kappa shape index (κ3) is 5.22. The van der Waals surface area contributed by atoms with Crippen LogP contribution in [0, 0.1) is 11.6 Å². The van der Waals surface area contributed by atoms with Gasteiger partial charge in [0.15, 0.2) is 0 Å². The van der Waals surface area contributed by atoms with E-state index in [1.807, 2.05) is 0 Å². The van der Waals surface area contributed by atoms with Gasteiger partial charge in [-0.05, 0) is 48.7 Å². The molecule has 2 aromatic rings. The highest BCUT2D eigenvalue weighted by molar-refractivity contribution is 6.31. The number of benzene rings is 2. The molecule has 0 saturated carbocycles. The number of alkyl carbamates (subject to hydrolysis) is 1. The number of anilines is 1. The Kier molecular flexibility index (Phi) is 6.49. The van der Waals surface area contributed by atoms with Gasteiger partial charge in [-0.3, -0.25) is 4.79 Å². The van der Waals surface area contributed by atoms with Crippen molar-refractivity contribution in [3.8, 4) is 0 Å². The Bertz CT molecular complexity index is 1100. The predicted molar refractivity (Wildman–Crippen MR) is 113 cm³/mol. The van der Waals surface area contributed by atoms with Gasteiger partial charge in [0, 0.05) is 29.3 Å². The molecule has 33 heavy (non-hydrogen) atoms. The largest absolute Gasteiger partial charge is 0.448 e. The Labute approximate surface area is 191 Å². The lowest BCUT2D eigenvalue weighted by Crippen LogP contribution is -2.33. The Morgan fingerprint density at radius 3 is 2.64 bits per heavy atom. The number of alkyl halides is 2. The summed E-state index contributed by atoms with van der Waals surface area (Å²) in [6.07, 6.45) is -0.645. The van der Waals surface area contributed by atoms with Crippen molar-refractivity contribution < 1.29 is 31.9 Å². The zero-order valence-corrected chi connectivity index (χ0v) is 17.9. The molecular formula is C22H20ClF4N3O3. The highest BCUT2D eigenvalue weighted by Gasteiger charge is 2.40. The highest BCUT2D eigenvalue weighted by Crippen LogP contribution is 2.36. The van der Waals surface area contributed by atoms with Crippen molar-refractivity contribution in [2.24, 2.45) is 0 Å². The molecule has 176 valence electrons. The van der Waals surface area contributed by atoms with Gasteiger partial charge in [0.25, 0.3) is 11.8 Å². The smallest absolute Gasteiger partial charge is 0.407 e. The molecule has 2 atom stereocenters. The van der Waals surface area contributed by atoms with Crippen LogP contribution in [0.3, 0.4) is 0 Å². The van der Waals surface area contributed by atoms with Crippen LogP contribution in [-0.2, 0) is 11.2 Å². The summed E-state index contributed by atoms with van der Waals surface area (Å²) in [5.41, 5.74) is 1.08. The molecule has 0 radical (unpaired) electrons. The molecule has 0 bridgehead atoms. The second-order valence-electron chi connectivity index (χ2n) is 8.04. The van der Waals surface area contributed by atoms with E-state index in [0.29, 0.717) is 18.4 Å². The van der Waals surface area contributed by atoms with Crippen molar-refractivity contribution in [1.82, 2.24) is 10.6 Å². The summed E-state index contributed by atoms with van der Waals surface area (Å²) in [6, 6.07) is 4.78. The van der Waals surface area contributed by atoms with Crippen LogP contribution in [0.1, 0.15) is 40.4 Å². The standard InChI is InChI=1S/C22H20ClF4N3O3/c23-15-7-11(1-4-16(15)24)29-20(31)14-2-5-17(25)19-13(14)3-6-18(19)30-21(32)33-9-12-8-22(26,27)10-28-12/h1-2,4-5,7,12,18,28H,3,6,8-10H2,(H,29,31)(H,30,32)/t12?,18-/m0/s1. The quantitative estimate of drug-likeness (QED) is 0.542. The maximum atomic E-state index is 14.6. The van der Waals surface area contributed by atoms with Crippen LogP contribution in [-0.4, -0.2) is 37.1 Å². The Morgan fingerprint density at radius 1 is 1.18 bits per heavy atom. The summed E-state index contributed by atoms with van der Waals surface area (Å²) in [5, 5.41) is 7.56. The molecule has 1 fully saturated rings. The first kappa shape index (κ1) is 23.3. The molecule has 1 unspecified atom stereocenters. The van der Waals surface area contributed by atoms with E-state index in [-0.39, 0.29) is 28.4 Å². The van der Waals surface area contributed by atoms with Crippen molar-refractivity contribution in [2.45, 2.75) is 37.3 Å². The van der Waals surface area contributed by atoms with Crippen LogP contribution < -0.4 is 16.0 Å². The molecule has 1 aliphatic heterocycles. The summed E-state index contributed by atoms with van der Waals surface area (Å²) in [6.45, 7) is -0.717. The van der Waals surface area contributed by atoms with E-state index < -0.39 is 54.6 Å². The van der Waals surface area contributed by atoms with Crippen molar-refractivity contribution in [2.75, 3.05) is 18.5 Å². The lowest BCUT2D eigenvalue weighted by atomic mass is 10.0. The lowest BCUT2D eigenvalue weighted by molar-refractivity contribution is 0.0184. The molecule has 3 N–H and O–H groups in total. The van der Waals surface area contributed by atoms with Crippen LogP contribution >= 0.6 is 11.6 Å². The zero-order valence-electron chi connectivity index (χ0n) is 17.2. The number of rotatable bonds is 5. The highest BCUT2D eigenvalue weighted by atomic mass is 35.5. The van der Waals surface area contributed by atoms with Gasteiger partial charge in [0.2, 0.25) is 0 Å². The monoisotopic (exact) mass is 485 g/mol. The molecule has 1 heterocycles. The number of nitrogens with one attached hydrogen (secondary N) is 3. The van der Waals surface area contributed by atoms with Gasteiger partial charge in [0.1, 0.15) is 18.2 Å². The van der Waals surface area contributed by atoms with Gasteiger partial charge in [-0.15, -0.1) is 0 Å². The van der Waals surface area contributed by atoms with Gasteiger partial charge in [-0.25, -0.2) is 22.4 Å². The van der Waals surface area contributed by atoms with E-state index in [1.165, 1.54) is 18.2 Å². The average Bonchev–Trinajstić information content (AvgIpc) is 3.33. The molecule has 11 heteroatoms. The van der Waals surface area contributed by atoms with E-state index in [1.54, 1.807) is 0 Å². The second kappa shape index (κ2) is 9.18. The first-order valence-electron chi connectivity index (χ1n) is 10.2. The molecule has 0 aromatic heterocycles. The molecule has 2 aromatic carbocycles. The summed E-state index contributed by atoms with van der Waals surface area (Å²) < 4.78 is 59.4. The molecule has 2 aliphatic rings. The summed E-state index contributed by atoms with van der Waals surface area (Å²) in [4.78, 5) is 24.9. The third-order valence-corrected chi connectivity index (χ3v) is 5.95. The first-order chi connectivity index (χ1) is 15.6. The van der Waals surface area contributed by atoms with Crippen molar-refractivity contribution >= 4 is 29.3 Å². The van der Waals surface area contributed by atoms with E-state index in [4.69, 9.17) is 16.3 Å². The average molecular weight is 486 g/mol. The zero-order chi connectivity index (χ0) is 23.8. The van der Waals surface area contributed by atoms with E-state index in [2.05, 4.69) is 16.0 Å². The molecule has 2 amide bonds. The Balaban J connectivity index is 1.42. The Hall–Kier alpha value is -2.85. The maximum Gasteiger partial charge on any atom is 0.407 e. The number of ether oxygens (including phenoxy) is 1. The van der Waals surface area contributed by atoms with Gasteiger partial charge in [-0.1, -0.05) is 11.6 Å². The fourth-order valence-electron chi connectivity index (χ4n) is 4.12. The second-order valence-corrected chi connectivity index (χ2v) is 8.45. The van der Waals surface area contributed by atoms with E-state index in [0.717, 1.165) is 12.1 Å².